The van der Waals surface area contributed by atoms with Crippen LogP contribution in [0.15, 0.2) is 36.4 Å². The molecule has 5 aliphatic rings. The van der Waals surface area contributed by atoms with E-state index in [0.29, 0.717) is 37.3 Å². The zero-order chi connectivity index (χ0) is 34.9. The van der Waals surface area contributed by atoms with Crippen molar-refractivity contribution in [3.05, 3.63) is 53.1 Å². The minimum absolute atomic E-state index is 0.00765. The van der Waals surface area contributed by atoms with Gasteiger partial charge in [0, 0.05) is 61.2 Å². The number of aryl methyl sites for hydroxylation is 2. The van der Waals surface area contributed by atoms with E-state index in [4.69, 9.17) is 4.98 Å². The van der Waals surface area contributed by atoms with E-state index < -0.39 is 5.60 Å². The van der Waals surface area contributed by atoms with Crippen LogP contribution in [0.3, 0.4) is 0 Å². The first kappa shape index (κ1) is 33.6. The molecule has 50 heavy (non-hydrogen) atoms. The predicted octanol–water partition coefficient (Wildman–Crippen LogP) is 5.22. The number of amides is 1. The number of fused-ring (bicyclic) bond motifs is 2. The van der Waals surface area contributed by atoms with Gasteiger partial charge in [-0.05, 0) is 88.1 Å². The van der Waals surface area contributed by atoms with Gasteiger partial charge in [-0.25, -0.2) is 4.98 Å². The summed E-state index contributed by atoms with van der Waals surface area (Å²) in [4.78, 5) is 34.2. The number of nitrogens with one attached hydrogen (secondary N) is 1. The number of rotatable bonds is 7. The number of aldehydes is 1. The van der Waals surface area contributed by atoms with Gasteiger partial charge >= 0.3 is 0 Å². The molecule has 0 radical (unpaired) electrons. The van der Waals surface area contributed by atoms with Crippen LogP contribution < -0.4 is 5.32 Å². The summed E-state index contributed by atoms with van der Waals surface area (Å²) in [5, 5.41) is 25.5. The van der Waals surface area contributed by atoms with Crippen molar-refractivity contribution < 1.29 is 19.8 Å². The third-order valence-electron chi connectivity index (χ3n) is 12.3. The molecule has 9 rings (SSSR count). The van der Waals surface area contributed by atoms with Crippen molar-refractivity contribution in [1.82, 2.24) is 29.2 Å². The summed E-state index contributed by atoms with van der Waals surface area (Å²) in [5.74, 6) is 2.33. The number of para-hydroxylation sites is 1. The van der Waals surface area contributed by atoms with Crippen LogP contribution >= 0.6 is 0 Å². The van der Waals surface area contributed by atoms with Crippen LogP contribution in [-0.2, 0) is 23.5 Å². The Labute approximate surface area is 294 Å². The molecule has 10 nitrogen and oxygen atoms in total. The summed E-state index contributed by atoms with van der Waals surface area (Å²) < 4.78 is 4.67. The standard InChI is InChI=1S/C34H40N4O4.C6H12N2/c1-3-4-11-37-29(32-35-28-16-21(20-39)15-27-31(28)38(32)14-10-34(27,2)42)19-23-6-5-7-26(30(23)37)22-8-12-36(13-9-22)33(41)24-17-25(40)18-24;1-4-3-8(2)6-5(4)7-6/h5-7,15-16,19-20,22,24-25,40,42H,3-4,8-14,17-18H2,1-2H3;4-7H,3H2,1-2H3. The Hall–Kier alpha value is -3.57. The van der Waals surface area contributed by atoms with Gasteiger partial charge in [-0.2, -0.15) is 0 Å². The first-order valence-electron chi connectivity index (χ1n) is 18.9. The lowest BCUT2D eigenvalue weighted by atomic mass is 9.80. The highest BCUT2D eigenvalue weighted by Gasteiger charge is 2.49. The number of piperidine rings is 1. The molecule has 2 aromatic heterocycles. The number of carbonyl (C=O) groups excluding carboxylic acids is 2. The van der Waals surface area contributed by atoms with Crippen molar-refractivity contribution in [2.45, 2.75) is 109 Å². The van der Waals surface area contributed by atoms with Crippen LogP contribution in [0.25, 0.3) is 33.5 Å². The average Bonchev–Trinajstić information content (AvgIpc) is 3.60. The maximum atomic E-state index is 12.9. The number of unbranched alkanes of at least 4 members (excludes halogenated alkanes) is 1. The molecule has 4 unspecified atom stereocenters. The fraction of sp³-hybridized carbons (Fsp3) is 0.575. The van der Waals surface area contributed by atoms with Crippen LogP contribution in [0, 0.1) is 11.8 Å². The first-order chi connectivity index (χ1) is 24.1. The Kier molecular flexibility index (Phi) is 8.65. The molecule has 10 heteroatoms. The van der Waals surface area contributed by atoms with Gasteiger partial charge < -0.3 is 24.2 Å². The molecule has 4 atom stereocenters. The van der Waals surface area contributed by atoms with E-state index in [0.717, 1.165) is 97.8 Å². The lowest BCUT2D eigenvalue weighted by Crippen LogP contribution is -2.46. The van der Waals surface area contributed by atoms with Gasteiger partial charge in [-0.3, -0.25) is 19.8 Å². The largest absolute Gasteiger partial charge is 0.393 e. The number of nitrogens with zero attached hydrogens (tertiary/aromatic N) is 5. The van der Waals surface area contributed by atoms with Gasteiger partial charge in [0.2, 0.25) is 5.91 Å². The number of aromatic nitrogens is 3. The number of hydrogen-bond acceptors (Lipinski definition) is 7. The van der Waals surface area contributed by atoms with E-state index in [9.17, 15) is 19.8 Å². The zero-order valence-electron chi connectivity index (χ0n) is 29.9. The van der Waals surface area contributed by atoms with Crippen LogP contribution in [-0.4, -0.2) is 91.3 Å². The number of benzene rings is 2. The third kappa shape index (κ3) is 5.78. The number of aliphatic hydroxyl groups excluding tert-OH is 1. The first-order valence-corrected chi connectivity index (χ1v) is 18.9. The molecule has 1 aliphatic carbocycles. The highest BCUT2D eigenvalue weighted by molar-refractivity contribution is 5.93. The topological polar surface area (TPSA) is 126 Å². The molecule has 1 amide bonds. The smallest absolute Gasteiger partial charge is 0.225 e. The fourth-order valence-electron chi connectivity index (χ4n) is 9.22. The highest BCUT2D eigenvalue weighted by Crippen LogP contribution is 2.42. The van der Waals surface area contributed by atoms with Crippen LogP contribution in [0.2, 0.25) is 0 Å². The van der Waals surface area contributed by atoms with E-state index in [1.54, 1.807) is 0 Å². The third-order valence-corrected chi connectivity index (χ3v) is 12.3. The minimum Gasteiger partial charge on any atom is -0.393 e. The van der Waals surface area contributed by atoms with Gasteiger partial charge in [0.1, 0.15) is 6.29 Å². The molecule has 2 aromatic carbocycles. The van der Waals surface area contributed by atoms with Crippen molar-refractivity contribution in [2.24, 2.45) is 11.8 Å². The maximum Gasteiger partial charge on any atom is 0.225 e. The zero-order valence-corrected chi connectivity index (χ0v) is 29.9. The fourth-order valence-corrected chi connectivity index (χ4v) is 9.22. The molecular weight excluding hydrogens is 628 g/mol. The molecule has 3 N–H and O–H groups in total. The average molecular weight is 681 g/mol. The second-order valence-corrected chi connectivity index (χ2v) is 16.0. The normalized spacial score (nSPS) is 29.1. The Bertz CT molecular complexity index is 1910. The molecule has 3 saturated heterocycles. The number of imidazole rings is 1. The summed E-state index contributed by atoms with van der Waals surface area (Å²) in [6, 6.07) is 13.3. The van der Waals surface area contributed by atoms with Crippen molar-refractivity contribution in [3.63, 3.8) is 0 Å². The predicted molar refractivity (Wildman–Crippen MR) is 195 cm³/mol. The molecular formula is C40H52N6O4. The van der Waals surface area contributed by atoms with Gasteiger partial charge in [-0.1, -0.05) is 38.5 Å². The number of carbonyl (C=O) groups is 2. The highest BCUT2D eigenvalue weighted by atomic mass is 16.3. The lowest BCUT2D eigenvalue weighted by molar-refractivity contribution is -0.143. The van der Waals surface area contributed by atoms with E-state index in [2.05, 4.69) is 64.5 Å². The maximum absolute atomic E-state index is 12.9. The SMILES string of the molecule is CC1CN(C)C2NC12.CCCCn1c(-c2nc3cc(C=O)cc4c3n2CCC4(C)O)cc2cccc(C3CCN(C(=O)C4CC(O)C4)CC3)c21. The summed E-state index contributed by atoms with van der Waals surface area (Å²) in [6.07, 6.45) is 7.00. The van der Waals surface area contributed by atoms with Crippen molar-refractivity contribution in [1.29, 1.82) is 0 Å². The quantitative estimate of drug-likeness (QED) is 0.181. The van der Waals surface area contributed by atoms with Gasteiger partial charge in [0.25, 0.3) is 0 Å². The van der Waals surface area contributed by atoms with Gasteiger partial charge in [0.15, 0.2) is 5.82 Å². The molecule has 0 bridgehead atoms. The number of likely N-dealkylation sites (tertiary alicyclic amines) is 2. The van der Waals surface area contributed by atoms with E-state index >= 15 is 0 Å². The minimum atomic E-state index is -1.01. The molecule has 4 aliphatic heterocycles. The summed E-state index contributed by atoms with van der Waals surface area (Å²) in [5.41, 5.74) is 5.60. The Morgan fingerprint density at radius 3 is 2.52 bits per heavy atom. The Balaban J connectivity index is 0.000000394. The summed E-state index contributed by atoms with van der Waals surface area (Å²) >= 11 is 0. The Morgan fingerprint density at radius 2 is 1.90 bits per heavy atom. The molecule has 6 heterocycles. The molecule has 4 aromatic rings. The van der Waals surface area contributed by atoms with E-state index in [1.807, 2.05) is 24.0 Å². The Morgan fingerprint density at radius 1 is 1.12 bits per heavy atom. The van der Waals surface area contributed by atoms with Crippen LogP contribution in [0.5, 0.6) is 0 Å². The molecule has 1 saturated carbocycles. The number of hydrogen-bond donors (Lipinski definition) is 3. The van der Waals surface area contributed by atoms with Gasteiger partial charge in [-0.15, -0.1) is 0 Å². The van der Waals surface area contributed by atoms with E-state index in [-0.39, 0.29) is 17.9 Å². The summed E-state index contributed by atoms with van der Waals surface area (Å²) in [6.45, 7) is 10.7. The lowest BCUT2D eigenvalue weighted by Gasteiger charge is -2.38. The molecule has 0 spiro atoms. The summed E-state index contributed by atoms with van der Waals surface area (Å²) in [7, 11) is 2.18. The van der Waals surface area contributed by atoms with Crippen molar-refractivity contribution >= 4 is 34.1 Å². The number of aliphatic hydroxyl groups is 2. The van der Waals surface area contributed by atoms with Crippen LogP contribution in [0.4, 0.5) is 0 Å². The monoisotopic (exact) mass is 680 g/mol. The van der Waals surface area contributed by atoms with E-state index in [1.165, 1.54) is 23.0 Å². The molecule has 4 fully saturated rings. The van der Waals surface area contributed by atoms with Gasteiger partial charge in [0.05, 0.1) is 40.1 Å². The second kappa shape index (κ2) is 12.9. The molecule has 266 valence electrons. The number of likely N-dealkylation sites (N-methyl/N-ethyl adjacent to an activating group) is 1. The van der Waals surface area contributed by atoms with Crippen LogP contribution in [0.1, 0.15) is 93.1 Å². The second-order valence-electron chi connectivity index (χ2n) is 16.0. The van der Waals surface area contributed by atoms with Crippen molar-refractivity contribution in [3.8, 4) is 11.5 Å². The van der Waals surface area contributed by atoms with Crippen molar-refractivity contribution in [2.75, 3.05) is 26.7 Å².